The molecule has 2 heterocycles. The molecule has 6 heteroatoms. The van der Waals surface area contributed by atoms with Crippen molar-refractivity contribution in [2.75, 3.05) is 18.0 Å². The van der Waals surface area contributed by atoms with Gasteiger partial charge < -0.3 is 15.7 Å². The van der Waals surface area contributed by atoms with Crippen molar-refractivity contribution < 1.29 is 5.11 Å². The van der Waals surface area contributed by atoms with E-state index >= 15 is 0 Å². The summed E-state index contributed by atoms with van der Waals surface area (Å²) >= 11 is 0. The number of hydrogen-bond donors (Lipinski definition) is 3. The van der Waals surface area contributed by atoms with Crippen molar-refractivity contribution in [1.82, 2.24) is 9.97 Å². The van der Waals surface area contributed by atoms with Crippen LogP contribution in [0, 0.1) is 24.2 Å². The first-order chi connectivity index (χ1) is 9.04. The van der Waals surface area contributed by atoms with Gasteiger partial charge in [-0.25, -0.2) is 9.97 Å². The van der Waals surface area contributed by atoms with Crippen LogP contribution in [-0.2, 0) is 0 Å². The van der Waals surface area contributed by atoms with Gasteiger partial charge in [-0.05, 0) is 31.7 Å². The van der Waals surface area contributed by atoms with Crippen molar-refractivity contribution in [1.29, 1.82) is 5.41 Å². The molecule has 0 radical (unpaired) electrons. The first-order valence-corrected chi connectivity index (χ1v) is 6.67. The van der Waals surface area contributed by atoms with Gasteiger partial charge in [-0.15, -0.1) is 0 Å². The van der Waals surface area contributed by atoms with E-state index in [4.69, 9.17) is 11.1 Å². The predicted molar refractivity (Wildman–Crippen MR) is 72.2 cm³/mol. The maximum absolute atomic E-state index is 9.94. The summed E-state index contributed by atoms with van der Waals surface area (Å²) in [5, 5.41) is 17.4. The lowest BCUT2D eigenvalue weighted by Crippen LogP contribution is -2.27. The normalized spacial score (nSPS) is 29.6. The van der Waals surface area contributed by atoms with E-state index in [0.717, 1.165) is 31.6 Å². The lowest BCUT2D eigenvalue weighted by Gasteiger charge is -2.19. The largest absolute Gasteiger partial charge is 0.393 e. The van der Waals surface area contributed by atoms with Crippen LogP contribution in [0.25, 0.3) is 0 Å². The highest BCUT2D eigenvalue weighted by atomic mass is 16.3. The summed E-state index contributed by atoms with van der Waals surface area (Å²) in [7, 11) is 0. The fourth-order valence-electron chi connectivity index (χ4n) is 3.23. The molecule has 1 saturated heterocycles. The third kappa shape index (κ3) is 2.16. The molecule has 0 amide bonds. The van der Waals surface area contributed by atoms with Gasteiger partial charge in [-0.3, -0.25) is 5.41 Å². The molecule has 2 aliphatic rings. The molecule has 0 aromatic carbocycles. The van der Waals surface area contributed by atoms with Gasteiger partial charge in [0.1, 0.15) is 11.5 Å². The Bertz CT molecular complexity index is 518. The fraction of sp³-hybridized carbons (Fsp3) is 0.615. The molecule has 1 aliphatic carbocycles. The van der Waals surface area contributed by atoms with Crippen LogP contribution in [0.3, 0.4) is 0 Å². The highest BCUT2D eigenvalue weighted by Gasteiger charge is 2.42. The van der Waals surface area contributed by atoms with E-state index in [0.29, 0.717) is 23.5 Å². The number of amidine groups is 1. The number of fused-ring (bicyclic) bond motifs is 1. The second-order valence-electron chi connectivity index (χ2n) is 5.58. The number of nitrogens with one attached hydrogen (secondary N) is 1. The van der Waals surface area contributed by atoms with Crippen LogP contribution in [0.5, 0.6) is 0 Å². The van der Waals surface area contributed by atoms with Gasteiger partial charge in [0.25, 0.3) is 0 Å². The van der Waals surface area contributed by atoms with Crippen molar-refractivity contribution in [3.8, 4) is 0 Å². The van der Waals surface area contributed by atoms with Gasteiger partial charge in [0.05, 0.1) is 6.10 Å². The lowest BCUT2D eigenvalue weighted by molar-refractivity contribution is 0.133. The zero-order chi connectivity index (χ0) is 13.6. The number of hydrogen-bond acceptors (Lipinski definition) is 5. The molecule has 4 N–H and O–H groups in total. The standard InChI is InChI=1S/C13H19N5O/c1-7-4-10(12(14)15)17-13(16-7)18-5-8-2-3-11(19)9(8)6-18/h4,8-9,11,19H,2-3,5-6H2,1H3,(H3,14,15). The first-order valence-electron chi connectivity index (χ1n) is 6.67. The summed E-state index contributed by atoms with van der Waals surface area (Å²) in [6, 6.07) is 1.72. The molecular formula is C13H19N5O. The molecule has 102 valence electrons. The molecule has 1 saturated carbocycles. The Balaban J connectivity index is 1.86. The first kappa shape index (κ1) is 12.3. The molecule has 19 heavy (non-hydrogen) atoms. The van der Waals surface area contributed by atoms with E-state index in [1.165, 1.54) is 0 Å². The van der Waals surface area contributed by atoms with Crippen LogP contribution >= 0.6 is 0 Å². The topological polar surface area (TPSA) is 99.1 Å². The van der Waals surface area contributed by atoms with Gasteiger partial charge in [0.2, 0.25) is 5.95 Å². The smallest absolute Gasteiger partial charge is 0.226 e. The van der Waals surface area contributed by atoms with E-state index in [1.54, 1.807) is 6.07 Å². The van der Waals surface area contributed by atoms with Crippen LogP contribution in [-0.4, -0.2) is 40.1 Å². The summed E-state index contributed by atoms with van der Waals surface area (Å²) in [6.07, 6.45) is 1.80. The Morgan fingerprint density at radius 1 is 1.42 bits per heavy atom. The van der Waals surface area contributed by atoms with E-state index in [-0.39, 0.29) is 11.9 Å². The summed E-state index contributed by atoms with van der Waals surface area (Å²) in [5.74, 6) is 1.47. The van der Waals surface area contributed by atoms with E-state index in [2.05, 4.69) is 14.9 Å². The summed E-state index contributed by atoms with van der Waals surface area (Å²) in [4.78, 5) is 10.9. The summed E-state index contributed by atoms with van der Waals surface area (Å²) in [6.45, 7) is 3.57. The van der Waals surface area contributed by atoms with Crippen molar-refractivity contribution in [3.63, 3.8) is 0 Å². The number of nitrogen functional groups attached to an aromatic ring is 1. The molecule has 0 spiro atoms. The Labute approximate surface area is 112 Å². The number of nitrogens with two attached hydrogens (primary N) is 1. The number of nitrogens with zero attached hydrogens (tertiary/aromatic N) is 3. The molecule has 3 unspecified atom stereocenters. The number of rotatable bonds is 2. The van der Waals surface area contributed by atoms with Crippen LogP contribution in [0.2, 0.25) is 0 Å². The van der Waals surface area contributed by atoms with Crippen molar-refractivity contribution in [3.05, 3.63) is 17.5 Å². The highest BCUT2D eigenvalue weighted by molar-refractivity contribution is 5.93. The molecular weight excluding hydrogens is 242 g/mol. The number of anilines is 1. The zero-order valence-electron chi connectivity index (χ0n) is 11.0. The maximum atomic E-state index is 9.94. The Kier molecular flexibility index (Phi) is 2.89. The molecule has 2 fully saturated rings. The van der Waals surface area contributed by atoms with Crippen LogP contribution in [0.15, 0.2) is 6.07 Å². The quantitative estimate of drug-likeness (QED) is 0.524. The van der Waals surface area contributed by atoms with E-state index in [9.17, 15) is 5.11 Å². The second kappa shape index (κ2) is 4.45. The van der Waals surface area contributed by atoms with Crippen molar-refractivity contribution in [2.24, 2.45) is 17.6 Å². The average molecular weight is 261 g/mol. The monoisotopic (exact) mass is 261 g/mol. The molecule has 1 aromatic heterocycles. The second-order valence-corrected chi connectivity index (χ2v) is 5.58. The van der Waals surface area contributed by atoms with Gasteiger partial charge in [-0.1, -0.05) is 0 Å². The zero-order valence-corrected chi connectivity index (χ0v) is 11.0. The maximum Gasteiger partial charge on any atom is 0.226 e. The van der Waals surface area contributed by atoms with E-state index in [1.807, 2.05) is 6.92 Å². The predicted octanol–water partition coefficient (Wildman–Crippen LogP) is 0.276. The van der Waals surface area contributed by atoms with Gasteiger partial charge in [0.15, 0.2) is 0 Å². The molecule has 1 aliphatic heterocycles. The Morgan fingerprint density at radius 3 is 2.89 bits per heavy atom. The third-order valence-corrected chi connectivity index (χ3v) is 4.22. The minimum Gasteiger partial charge on any atom is -0.393 e. The number of aliphatic hydroxyl groups excluding tert-OH is 1. The number of aryl methyl sites for hydroxylation is 1. The molecule has 1 aromatic rings. The third-order valence-electron chi connectivity index (χ3n) is 4.22. The SMILES string of the molecule is Cc1cc(C(=N)N)nc(N2CC3CCC(O)C3C2)n1. The minimum absolute atomic E-state index is 0.0359. The summed E-state index contributed by atoms with van der Waals surface area (Å²) < 4.78 is 0. The number of aliphatic hydroxyl groups is 1. The average Bonchev–Trinajstić information content (AvgIpc) is 2.91. The van der Waals surface area contributed by atoms with Gasteiger partial charge in [0, 0.05) is 24.7 Å². The van der Waals surface area contributed by atoms with Crippen LogP contribution in [0.4, 0.5) is 5.95 Å². The molecule has 3 rings (SSSR count). The Morgan fingerprint density at radius 2 is 2.21 bits per heavy atom. The lowest BCUT2D eigenvalue weighted by atomic mass is 10.00. The van der Waals surface area contributed by atoms with Crippen LogP contribution in [0.1, 0.15) is 24.2 Å². The summed E-state index contributed by atoms with van der Waals surface area (Å²) in [5.41, 5.74) is 6.78. The van der Waals surface area contributed by atoms with Gasteiger partial charge in [-0.2, -0.15) is 0 Å². The molecule has 6 nitrogen and oxygen atoms in total. The van der Waals surface area contributed by atoms with Crippen molar-refractivity contribution in [2.45, 2.75) is 25.9 Å². The van der Waals surface area contributed by atoms with Crippen molar-refractivity contribution >= 4 is 11.8 Å². The molecule has 3 atom stereocenters. The highest BCUT2D eigenvalue weighted by Crippen LogP contribution is 2.39. The fourth-order valence-corrected chi connectivity index (χ4v) is 3.23. The minimum atomic E-state index is -0.188. The van der Waals surface area contributed by atoms with Crippen LogP contribution < -0.4 is 10.6 Å². The Hall–Kier alpha value is -1.69. The number of aromatic nitrogens is 2. The van der Waals surface area contributed by atoms with Gasteiger partial charge >= 0.3 is 0 Å². The molecule has 0 bridgehead atoms. The van der Waals surface area contributed by atoms with E-state index < -0.39 is 0 Å².